The molecule has 0 amide bonds. The van der Waals surface area contributed by atoms with Gasteiger partial charge in [-0.05, 0) is 50.2 Å². The van der Waals surface area contributed by atoms with Crippen LogP contribution in [-0.2, 0) is 0 Å². The van der Waals surface area contributed by atoms with Crippen LogP contribution in [0.15, 0.2) is 0 Å². The van der Waals surface area contributed by atoms with Crippen LogP contribution in [0.5, 0.6) is 0 Å². The van der Waals surface area contributed by atoms with Crippen LogP contribution in [-0.4, -0.2) is 24.1 Å². The average molecular weight is 201 g/mol. The van der Waals surface area contributed by atoms with E-state index in [4.69, 9.17) is 0 Å². The van der Waals surface area contributed by atoms with Gasteiger partial charge in [0.15, 0.2) is 0 Å². The number of nitrogens with one attached hydrogen (secondary N) is 1. The quantitative estimate of drug-likeness (QED) is 0.734. The van der Waals surface area contributed by atoms with Crippen molar-refractivity contribution in [3.63, 3.8) is 0 Å². The van der Waals surface area contributed by atoms with Gasteiger partial charge in [-0.2, -0.15) is 11.8 Å². The lowest BCUT2D eigenvalue weighted by Crippen LogP contribution is -2.32. The lowest BCUT2D eigenvalue weighted by atomic mass is 10.0. The van der Waals surface area contributed by atoms with E-state index in [0.29, 0.717) is 0 Å². The third-order valence-corrected chi connectivity index (χ3v) is 3.87. The summed E-state index contributed by atoms with van der Waals surface area (Å²) in [6.07, 6.45) is 5.48. The van der Waals surface area contributed by atoms with E-state index in [2.05, 4.69) is 30.9 Å². The van der Waals surface area contributed by atoms with E-state index in [1.165, 1.54) is 43.7 Å². The molecule has 0 radical (unpaired) electrons. The number of hydrogen-bond acceptors (Lipinski definition) is 2. The van der Waals surface area contributed by atoms with Crippen LogP contribution in [0, 0.1) is 5.92 Å². The van der Waals surface area contributed by atoms with E-state index >= 15 is 0 Å². The molecule has 1 saturated heterocycles. The second-order valence-corrected chi connectivity index (χ2v) is 5.38. The Kier molecular flexibility index (Phi) is 5.88. The maximum atomic E-state index is 3.64. The molecule has 0 aromatic heterocycles. The smallest absolute Gasteiger partial charge is 0.00387 e. The van der Waals surface area contributed by atoms with Crippen molar-refractivity contribution in [1.29, 1.82) is 0 Å². The minimum absolute atomic E-state index is 0.722. The summed E-state index contributed by atoms with van der Waals surface area (Å²) in [4.78, 5) is 0. The minimum Gasteiger partial charge on any atom is -0.314 e. The van der Waals surface area contributed by atoms with Gasteiger partial charge >= 0.3 is 0 Å². The van der Waals surface area contributed by atoms with Gasteiger partial charge in [-0.1, -0.05) is 13.3 Å². The Bertz CT molecular complexity index is 121. The number of thioether (sulfide) groups is 1. The Hall–Kier alpha value is 0.310. The molecular formula is C11H23NS. The molecule has 1 heterocycles. The Morgan fingerprint density at radius 3 is 2.69 bits per heavy atom. The Morgan fingerprint density at radius 1 is 1.38 bits per heavy atom. The number of rotatable bonds is 5. The normalized spacial score (nSPS) is 21.7. The molecule has 0 saturated carbocycles. The molecule has 78 valence electrons. The zero-order valence-electron chi connectivity index (χ0n) is 9.01. The summed E-state index contributed by atoms with van der Waals surface area (Å²) >= 11 is 2.12. The van der Waals surface area contributed by atoms with E-state index in [9.17, 15) is 0 Å². The monoisotopic (exact) mass is 201 g/mol. The molecule has 1 aliphatic rings. The average Bonchev–Trinajstić information content (AvgIpc) is 2.17. The first-order chi connectivity index (χ1) is 6.33. The third kappa shape index (κ3) is 4.92. The zero-order chi connectivity index (χ0) is 9.52. The van der Waals surface area contributed by atoms with Gasteiger partial charge in [0, 0.05) is 6.04 Å². The van der Waals surface area contributed by atoms with Crippen LogP contribution in [0.3, 0.4) is 0 Å². The van der Waals surface area contributed by atoms with Crippen molar-refractivity contribution in [1.82, 2.24) is 5.32 Å². The molecule has 1 unspecified atom stereocenters. The van der Waals surface area contributed by atoms with Crippen LogP contribution < -0.4 is 5.32 Å². The predicted octanol–water partition coefficient (Wildman–Crippen LogP) is 2.91. The van der Waals surface area contributed by atoms with Crippen LogP contribution in [0.2, 0.25) is 0 Å². The highest BCUT2D eigenvalue weighted by Gasteiger charge is 2.13. The fraction of sp³-hybridized carbons (Fsp3) is 1.00. The second kappa shape index (κ2) is 6.72. The van der Waals surface area contributed by atoms with Gasteiger partial charge in [-0.15, -0.1) is 0 Å². The summed E-state index contributed by atoms with van der Waals surface area (Å²) in [6.45, 7) is 5.82. The van der Waals surface area contributed by atoms with Gasteiger partial charge in [0.25, 0.3) is 0 Å². The number of hydrogen-bond donors (Lipinski definition) is 1. The maximum Gasteiger partial charge on any atom is 0.00387 e. The molecule has 0 spiro atoms. The van der Waals surface area contributed by atoms with E-state index in [0.717, 1.165) is 12.0 Å². The molecule has 1 nitrogen and oxygen atoms in total. The molecule has 1 N–H and O–H groups in total. The topological polar surface area (TPSA) is 12.0 Å². The van der Waals surface area contributed by atoms with Gasteiger partial charge in [0.05, 0.1) is 0 Å². The molecule has 0 bridgehead atoms. The summed E-state index contributed by atoms with van der Waals surface area (Å²) in [7, 11) is 0. The Labute approximate surface area is 87.1 Å². The first kappa shape index (κ1) is 11.4. The molecule has 13 heavy (non-hydrogen) atoms. The fourth-order valence-corrected chi connectivity index (χ4v) is 3.06. The molecule has 1 rings (SSSR count). The standard InChI is InChI=1S/C11H23NS/c1-3-4-10(2)12-9-11-5-7-13-8-6-11/h10-12H,3-9H2,1-2H3. The van der Waals surface area contributed by atoms with Crippen molar-refractivity contribution in [2.45, 2.75) is 45.6 Å². The summed E-state index contributed by atoms with van der Waals surface area (Å²) in [6, 6.07) is 0.722. The van der Waals surface area contributed by atoms with Gasteiger partial charge in [-0.25, -0.2) is 0 Å². The lowest BCUT2D eigenvalue weighted by molar-refractivity contribution is 0.405. The molecule has 1 aliphatic heterocycles. The third-order valence-electron chi connectivity index (χ3n) is 2.82. The summed E-state index contributed by atoms with van der Waals surface area (Å²) in [5.74, 6) is 3.73. The van der Waals surface area contributed by atoms with E-state index in [1.54, 1.807) is 0 Å². The van der Waals surface area contributed by atoms with Gasteiger partial charge in [0.2, 0.25) is 0 Å². The second-order valence-electron chi connectivity index (χ2n) is 4.15. The van der Waals surface area contributed by atoms with Crippen molar-refractivity contribution in [2.24, 2.45) is 5.92 Å². The van der Waals surface area contributed by atoms with E-state index in [1.807, 2.05) is 0 Å². The van der Waals surface area contributed by atoms with Gasteiger partial charge < -0.3 is 5.32 Å². The first-order valence-corrected chi connectivity index (χ1v) is 6.79. The SMILES string of the molecule is CCCC(C)NCC1CCSCC1. The fourth-order valence-electron chi connectivity index (χ4n) is 1.85. The van der Waals surface area contributed by atoms with Crippen LogP contribution in [0.25, 0.3) is 0 Å². The lowest BCUT2D eigenvalue weighted by Gasteiger charge is -2.23. The molecule has 0 aromatic rings. The summed E-state index contributed by atoms with van der Waals surface area (Å²) < 4.78 is 0. The van der Waals surface area contributed by atoms with Crippen LogP contribution in [0.1, 0.15) is 39.5 Å². The van der Waals surface area contributed by atoms with Crippen molar-refractivity contribution in [3.8, 4) is 0 Å². The van der Waals surface area contributed by atoms with Crippen molar-refractivity contribution < 1.29 is 0 Å². The Morgan fingerprint density at radius 2 is 2.08 bits per heavy atom. The predicted molar refractivity (Wildman–Crippen MR) is 62.4 cm³/mol. The van der Waals surface area contributed by atoms with Gasteiger partial charge in [0.1, 0.15) is 0 Å². The summed E-state index contributed by atoms with van der Waals surface area (Å²) in [5, 5.41) is 3.64. The van der Waals surface area contributed by atoms with Crippen molar-refractivity contribution in [2.75, 3.05) is 18.1 Å². The largest absolute Gasteiger partial charge is 0.314 e. The minimum atomic E-state index is 0.722. The van der Waals surface area contributed by atoms with Crippen molar-refractivity contribution >= 4 is 11.8 Å². The molecule has 1 fully saturated rings. The van der Waals surface area contributed by atoms with E-state index in [-0.39, 0.29) is 0 Å². The van der Waals surface area contributed by atoms with Gasteiger partial charge in [-0.3, -0.25) is 0 Å². The van der Waals surface area contributed by atoms with Crippen LogP contribution >= 0.6 is 11.8 Å². The Balaban J connectivity index is 2.03. The molecule has 0 aliphatic carbocycles. The molecule has 2 heteroatoms. The highest BCUT2D eigenvalue weighted by Crippen LogP contribution is 2.21. The molecule has 1 atom stereocenters. The highest BCUT2D eigenvalue weighted by molar-refractivity contribution is 7.99. The summed E-state index contributed by atoms with van der Waals surface area (Å²) in [5.41, 5.74) is 0. The van der Waals surface area contributed by atoms with Crippen LogP contribution in [0.4, 0.5) is 0 Å². The first-order valence-electron chi connectivity index (χ1n) is 5.64. The maximum absolute atomic E-state index is 3.64. The van der Waals surface area contributed by atoms with Crippen molar-refractivity contribution in [3.05, 3.63) is 0 Å². The molecule has 0 aromatic carbocycles. The highest BCUT2D eigenvalue weighted by atomic mass is 32.2. The molecular weight excluding hydrogens is 178 g/mol. The zero-order valence-corrected chi connectivity index (χ0v) is 9.83. The van der Waals surface area contributed by atoms with E-state index < -0.39 is 0 Å².